The molecule has 2 aromatic rings. The maximum atomic E-state index is 11.1. The third kappa shape index (κ3) is 3.67. The summed E-state index contributed by atoms with van der Waals surface area (Å²) < 4.78 is 1.62. The second kappa shape index (κ2) is 5.93. The fourth-order valence-corrected chi connectivity index (χ4v) is 2.99. The molecule has 0 atom stereocenters. The van der Waals surface area contributed by atoms with Crippen LogP contribution in [0, 0.1) is 0 Å². The number of aryl methyl sites for hydroxylation is 1. The molecule has 112 valence electrons. The molecule has 0 aliphatic rings. The van der Waals surface area contributed by atoms with Gasteiger partial charge in [0.1, 0.15) is 5.56 Å². The van der Waals surface area contributed by atoms with Gasteiger partial charge in [-0.05, 0) is 23.1 Å². The summed E-state index contributed by atoms with van der Waals surface area (Å²) in [4.78, 5) is 12.3. The SMILES string of the molecule is Cn1ncc(C(=O)O)c1CSc1ccc(C(C)(C)C)cc1. The van der Waals surface area contributed by atoms with Gasteiger partial charge in [-0.15, -0.1) is 11.8 Å². The molecule has 1 aromatic heterocycles. The van der Waals surface area contributed by atoms with Crippen molar-refractivity contribution in [1.82, 2.24) is 9.78 Å². The van der Waals surface area contributed by atoms with E-state index in [1.807, 2.05) is 0 Å². The van der Waals surface area contributed by atoms with Gasteiger partial charge in [0.2, 0.25) is 0 Å². The van der Waals surface area contributed by atoms with Gasteiger partial charge in [-0.2, -0.15) is 5.10 Å². The number of aromatic carboxylic acids is 1. The molecule has 0 aliphatic carbocycles. The maximum Gasteiger partial charge on any atom is 0.339 e. The largest absolute Gasteiger partial charge is 0.478 e. The van der Waals surface area contributed by atoms with E-state index in [2.05, 4.69) is 50.1 Å². The molecule has 2 rings (SSSR count). The van der Waals surface area contributed by atoms with Crippen molar-refractivity contribution in [3.05, 3.63) is 47.3 Å². The molecule has 0 bridgehead atoms. The van der Waals surface area contributed by atoms with Crippen molar-refractivity contribution in [2.24, 2.45) is 7.05 Å². The van der Waals surface area contributed by atoms with Gasteiger partial charge in [0.15, 0.2) is 0 Å². The van der Waals surface area contributed by atoms with Crippen molar-refractivity contribution < 1.29 is 9.90 Å². The Morgan fingerprint density at radius 1 is 1.29 bits per heavy atom. The first-order chi connectivity index (χ1) is 9.79. The minimum Gasteiger partial charge on any atom is -0.478 e. The highest BCUT2D eigenvalue weighted by Gasteiger charge is 2.16. The minimum absolute atomic E-state index is 0.141. The van der Waals surface area contributed by atoms with Gasteiger partial charge < -0.3 is 5.11 Å². The second-order valence-electron chi connectivity index (χ2n) is 6.00. The first-order valence-electron chi connectivity index (χ1n) is 6.76. The summed E-state index contributed by atoms with van der Waals surface area (Å²) in [6, 6.07) is 8.43. The van der Waals surface area contributed by atoms with Crippen molar-refractivity contribution in [1.29, 1.82) is 0 Å². The fraction of sp³-hybridized carbons (Fsp3) is 0.375. The first kappa shape index (κ1) is 15.6. The van der Waals surface area contributed by atoms with Gasteiger partial charge >= 0.3 is 5.97 Å². The van der Waals surface area contributed by atoms with Gasteiger partial charge in [0, 0.05) is 17.7 Å². The summed E-state index contributed by atoms with van der Waals surface area (Å²) >= 11 is 1.62. The van der Waals surface area contributed by atoms with E-state index in [4.69, 9.17) is 5.11 Å². The molecule has 21 heavy (non-hydrogen) atoms. The summed E-state index contributed by atoms with van der Waals surface area (Å²) in [5, 5.41) is 13.2. The second-order valence-corrected chi connectivity index (χ2v) is 7.05. The van der Waals surface area contributed by atoms with Crippen molar-refractivity contribution in [2.75, 3.05) is 0 Å². The van der Waals surface area contributed by atoms with Crippen LogP contribution in [0.25, 0.3) is 0 Å². The van der Waals surface area contributed by atoms with Gasteiger partial charge in [0.25, 0.3) is 0 Å². The van der Waals surface area contributed by atoms with Gasteiger partial charge in [-0.3, -0.25) is 4.68 Å². The Bertz CT molecular complexity index is 639. The lowest BCUT2D eigenvalue weighted by Crippen LogP contribution is -2.10. The highest BCUT2D eigenvalue weighted by Crippen LogP contribution is 2.28. The lowest BCUT2D eigenvalue weighted by molar-refractivity contribution is 0.0696. The number of hydrogen-bond donors (Lipinski definition) is 1. The molecular formula is C16H20N2O2S. The zero-order valence-electron chi connectivity index (χ0n) is 12.8. The van der Waals surface area contributed by atoms with E-state index < -0.39 is 5.97 Å². The molecule has 4 nitrogen and oxygen atoms in total. The zero-order valence-corrected chi connectivity index (χ0v) is 13.6. The number of benzene rings is 1. The van der Waals surface area contributed by atoms with Crippen molar-refractivity contribution in [3.8, 4) is 0 Å². The predicted molar refractivity (Wildman–Crippen MR) is 84.9 cm³/mol. The monoisotopic (exact) mass is 304 g/mol. The fourth-order valence-electron chi connectivity index (χ4n) is 2.02. The molecular weight excluding hydrogens is 284 g/mol. The molecule has 0 amide bonds. The van der Waals surface area contributed by atoms with E-state index in [0.717, 1.165) is 10.6 Å². The summed E-state index contributed by atoms with van der Waals surface area (Å²) in [7, 11) is 1.77. The Balaban J connectivity index is 2.10. The Labute approximate surface area is 129 Å². The van der Waals surface area contributed by atoms with Crippen LogP contribution in [-0.4, -0.2) is 20.9 Å². The Morgan fingerprint density at radius 3 is 2.43 bits per heavy atom. The maximum absolute atomic E-state index is 11.1. The molecule has 1 N–H and O–H groups in total. The van der Waals surface area contributed by atoms with Crippen LogP contribution in [0.15, 0.2) is 35.4 Å². The highest BCUT2D eigenvalue weighted by molar-refractivity contribution is 7.98. The predicted octanol–water partition coefficient (Wildman–Crippen LogP) is 3.71. The lowest BCUT2D eigenvalue weighted by Gasteiger charge is -2.19. The van der Waals surface area contributed by atoms with Crippen molar-refractivity contribution in [2.45, 2.75) is 36.8 Å². The van der Waals surface area contributed by atoms with Gasteiger partial charge in [-0.25, -0.2) is 4.79 Å². The first-order valence-corrected chi connectivity index (χ1v) is 7.75. The lowest BCUT2D eigenvalue weighted by atomic mass is 9.87. The van der Waals surface area contributed by atoms with Crippen LogP contribution < -0.4 is 0 Å². The summed E-state index contributed by atoms with van der Waals surface area (Å²) in [6.45, 7) is 6.55. The van der Waals surface area contributed by atoms with Crippen LogP contribution in [-0.2, 0) is 18.2 Å². The Kier molecular flexibility index (Phi) is 4.42. The number of aromatic nitrogens is 2. The number of nitrogens with zero attached hydrogens (tertiary/aromatic N) is 2. The Hall–Kier alpha value is -1.75. The molecule has 0 unspecified atom stereocenters. The number of thioether (sulfide) groups is 1. The van der Waals surface area contributed by atoms with Crippen LogP contribution >= 0.6 is 11.8 Å². The average Bonchev–Trinajstić information content (AvgIpc) is 2.77. The van der Waals surface area contributed by atoms with Gasteiger partial charge in [0.05, 0.1) is 11.9 Å². The van der Waals surface area contributed by atoms with Crippen molar-refractivity contribution >= 4 is 17.7 Å². The summed E-state index contributed by atoms with van der Waals surface area (Å²) in [5.74, 6) is -0.339. The molecule has 0 saturated carbocycles. The molecule has 0 saturated heterocycles. The van der Waals surface area contributed by atoms with E-state index in [9.17, 15) is 4.79 Å². The number of hydrogen-bond acceptors (Lipinski definition) is 3. The smallest absolute Gasteiger partial charge is 0.339 e. The molecule has 1 aromatic carbocycles. The number of rotatable bonds is 4. The van der Waals surface area contributed by atoms with E-state index in [1.54, 1.807) is 23.5 Å². The Morgan fingerprint density at radius 2 is 1.90 bits per heavy atom. The zero-order chi connectivity index (χ0) is 15.6. The molecule has 0 fully saturated rings. The normalized spacial score (nSPS) is 11.6. The number of carboxylic acid groups (broad SMARTS) is 1. The van der Waals surface area contributed by atoms with Gasteiger partial charge in [-0.1, -0.05) is 32.9 Å². The third-order valence-electron chi connectivity index (χ3n) is 3.39. The number of carbonyl (C=O) groups is 1. The molecule has 0 radical (unpaired) electrons. The molecule has 0 spiro atoms. The minimum atomic E-state index is -0.929. The van der Waals surface area contributed by atoms with E-state index in [1.165, 1.54) is 11.8 Å². The molecule has 5 heteroatoms. The number of carboxylic acids is 1. The highest BCUT2D eigenvalue weighted by atomic mass is 32.2. The van der Waals surface area contributed by atoms with Crippen LogP contribution in [0.5, 0.6) is 0 Å². The van der Waals surface area contributed by atoms with E-state index >= 15 is 0 Å². The van der Waals surface area contributed by atoms with Crippen LogP contribution in [0.4, 0.5) is 0 Å². The topological polar surface area (TPSA) is 55.1 Å². The summed E-state index contributed by atoms with van der Waals surface area (Å²) in [5.41, 5.74) is 2.43. The average molecular weight is 304 g/mol. The molecule has 0 aliphatic heterocycles. The van der Waals surface area contributed by atoms with E-state index in [-0.39, 0.29) is 11.0 Å². The van der Waals surface area contributed by atoms with Crippen LogP contribution in [0.3, 0.4) is 0 Å². The summed E-state index contributed by atoms with van der Waals surface area (Å²) in [6.07, 6.45) is 1.40. The third-order valence-corrected chi connectivity index (χ3v) is 4.41. The van der Waals surface area contributed by atoms with Crippen LogP contribution in [0.2, 0.25) is 0 Å². The standard InChI is InChI=1S/C16H20N2O2S/c1-16(2,3)11-5-7-12(8-6-11)21-10-14-13(15(19)20)9-17-18(14)4/h5-9H,10H2,1-4H3,(H,19,20). The van der Waals surface area contributed by atoms with Crippen LogP contribution in [0.1, 0.15) is 42.4 Å². The van der Waals surface area contributed by atoms with E-state index in [0.29, 0.717) is 5.75 Å². The van der Waals surface area contributed by atoms with Crippen molar-refractivity contribution in [3.63, 3.8) is 0 Å². The molecule has 1 heterocycles. The quantitative estimate of drug-likeness (QED) is 0.875.